The maximum absolute atomic E-state index is 14.5. The van der Waals surface area contributed by atoms with Gasteiger partial charge in [-0.1, -0.05) is 6.07 Å². The number of ketones is 1. The Morgan fingerprint density at radius 2 is 1.94 bits per heavy atom. The summed E-state index contributed by atoms with van der Waals surface area (Å²) in [7, 11) is 0. The Labute approximate surface area is 177 Å². The zero-order valence-corrected chi connectivity index (χ0v) is 16.0. The Kier molecular flexibility index (Phi) is 5.03. The van der Waals surface area contributed by atoms with Gasteiger partial charge in [0, 0.05) is 30.4 Å². The van der Waals surface area contributed by atoms with E-state index in [0.29, 0.717) is 0 Å². The number of pyridine rings is 2. The Balaban J connectivity index is 1.82. The second-order valence-corrected chi connectivity index (χ2v) is 6.99. The molecule has 0 radical (unpaired) electrons. The van der Waals surface area contributed by atoms with Crippen LogP contribution in [0.25, 0.3) is 0 Å². The lowest BCUT2D eigenvalue weighted by Gasteiger charge is -2.31. The van der Waals surface area contributed by atoms with Gasteiger partial charge in [0.2, 0.25) is 5.56 Å². The molecular formula is C21H13F4N3O4. The first kappa shape index (κ1) is 21.2. The highest BCUT2D eigenvalue weighted by atomic mass is 19.4. The van der Waals surface area contributed by atoms with Gasteiger partial charge in [-0.3, -0.25) is 19.4 Å². The van der Waals surface area contributed by atoms with Crippen LogP contribution in [-0.2, 0) is 5.54 Å². The molecule has 164 valence electrons. The summed E-state index contributed by atoms with van der Waals surface area (Å²) in [5.41, 5.74) is -1.76. The second-order valence-electron chi connectivity index (χ2n) is 6.99. The largest absolute Gasteiger partial charge is 0.573 e. The summed E-state index contributed by atoms with van der Waals surface area (Å²) < 4.78 is 55.7. The van der Waals surface area contributed by atoms with Crippen molar-refractivity contribution in [3.63, 3.8) is 0 Å². The molecule has 32 heavy (non-hydrogen) atoms. The molecular weight excluding hydrogens is 434 g/mol. The summed E-state index contributed by atoms with van der Waals surface area (Å²) in [4.78, 5) is 43.4. The lowest BCUT2D eigenvalue weighted by Crippen LogP contribution is -2.46. The van der Waals surface area contributed by atoms with Gasteiger partial charge in [0.25, 0.3) is 5.91 Å². The Hall–Kier alpha value is -4.02. The first-order valence-electron chi connectivity index (χ1n) is 9.15. The van der Waals surface area contributed by atoms with Gasteiger partial charge in [-0.25, -0.2) is 4.39 Å². The number of halogens is 4. The number of hydrogen-bond donors (Lipinski definition) is 2. The quantitative estimate of drug-likeness (QED) is 0.599. The van der Waals surface area contributed by atoms with Crippen molar-refractivity contribution in [1.82, 2.24) is 15.3 Å². The van der Waals surface area contributed by atoms with Gasteiger partial charge >= 0.3 is 6.36 Å². The lowest BCUT2D eigenvalue weighted by atomic mass is 9.86. The minimum atomic E-state index is -5.10. The van der Waals surface area contributed by atoms with Crippen LogP contribution in [-0.4, -0.2) is 28.0 Å². The first-order chi connectivity index (χ1) is 15.1. The highest BCUT2D eigenvalue weighted by Gasteiger charge is 2.48. The standard InChI is InChI=1S/C21H13F4N3O4/c22-14-8-12(4-5-16(14)32-21(23,24)25)20(9-15(29)13-2-1-7-26-18(13)20)28-19(31)11-3-6-17(30)27-10-11/h1-8,10H,9H2,(H,27,30)(H,28,31). The number of fused-ring (bicyclic) bond motifs is 1. The number of Topliss-reactive ketones (excluding diaryl/α,β-unsaturated/α-hetero) is 1. The van der Waals surface area contributed by atoms with E-state index in [2.05, 4.69) is 20.0 Å². The van der Waals surface area contributed by atoms with E-state index in [4.69, 9.17) is 0 Å². The van der Waals surface area contributed by atoms with E-state index >= 15 is 0 Å². The number of alkyl halides is 3. The minimum absolute atomic E-state index is 0.00639. The minimum Gasteiger partial charge on any atom is -0.403 e. The van der Waals surface area contributed by atoms with Crippen LogP contribution in [0.15, 0.2) is 59.7 Å². The molecule has 2 N–H and O–H groups in total. The summed E-state index contributed by atoms with van der Waals surface area (Å²) >= 11 is 0. The maximum Gasteiger partial charge on any atom is 0.573 e. The van der Waals surface area contributed by atoms with Crippen molar-refractivity contribution in [2.24, 2.45) is 0 Å². The molecule has 0 spiro atoms. The molecule has 4 rings (SSSR count). The van der Waals surface area contributed by atoms with Crippen LogP contribution < -0.4 is 15.6 Å². The number of aromatic amines is 1. The number of rotatable bonds is 4. The summed E-state index contributed by atoms with van der Waals surface area (Å²) in [6, 6.07) is 8.00. The zero-order chi connectivity index (χ0) is 23.1. The Morgan fingerprint density at radius 1 is 1.16 bits per heavy atom. The normalized spacial score (nSPS) is 17.7. The van der Waals surface area contributed by atoms with Crippen LogP contribution in [0, 0.1) is 5.82 Å². The van der Waals surface area contributed by atoms with Crippen LogP contribution in [0.1, 0.15) is 38.4 Å². The van der Waals surface area contributed by atoms with E-state index in [1.165, 1.54) is 24.4 Å². The summed E-state index contributed by atoms with van der Waals surface area (Å²) in [5, 5.41) is 2.65. The zero-order valence-electron chi connectivity index (χ0n) is 16.0. The highest BCUT2D eigenvalue weighted by molar-refractivity contribution is 6.04. The van der Waals surface area contributed by atoms with E-state index in [9.17, 15) is 31.9 Å². The molecule has 1 atom stereocenters. The third kappa shape index (κ3) is 3.84. The fourth-order valence-electron chi connectivity index (χ4n) is 3.60. The van der Waals surface area contributed by atoms with Crippen molar-refractivity contribution in [1.29, 1.82) is 0 Å². The van der Waals surface area contributed by atoms with Crippen LogP contribution in [0.4, 0.5) is 17.6 Å². The van der Waals surface area contributed by atoms with E-state index in [-0.39, 0.29) is 28.8 Å². The number of ether oxygens (including phenoxy) is 1. The van der Waals surface area contributed by atoms with Crippen LogP contribution >= 0.6 is 0 Å². The van der Waals surface area contributed by atoms with E-state index in [1.807, 2.05) is 0 Å². The smallest absolute Gasteiger partial charge is 0.403 e. The molecule has 1 aliphatic rings. The van der Waals surface area contributed by atoms with E-state index in [0.717, 1.165) is 30.5 Å². The summed E-state index contributed by atoms with van der Waals surface area (Å²) in [6.45, 7) is 0. The molecule has 1 aliphatic carbocycles. The average Bonchev–Trinajstić information content (AvgIpc) is 3.02. The number of nitrogens with zero attached hydrogens (tertiary/aromatic N) is 1. The molecule has 2 aromatic heterocycles. The molecule has 2 heterocycles. The number of H-pyrrole nitrogens is 1. The van der Waals surface area contributed by atoms with E-state index < -0.39 is 40.7 Å². The number of amides is 1. The van der Waals surface area contributed by atoms with Crippen LogP contribution in [0.3, 0.4) is 0 Å². The van der Waals surface area contributed by atoms with Crippen molar-refractivity contribution in [2.75, 3.05) is 0 Å². The number of nitrogens with one attached hydrogen (secondary N) is 2. The molecule has 1 aromatic carbocycles. The predicted molar refractivity (Wildman–Crippen MR) is 102 cm³/mol. The number of benzene rings is 1. The fraction of sp³-hybridized carbons (Fsp3) is 0.143. The van der Waals surface area contributed by atoms with Gasteiger partial charge in [0.15, 0.2) is 17.3 Å². The van der Waals surface area contributed by atoms with Crippen molar-refractivity contribution in [3.05, 3.63) is 93.4 Å². The van der Waals surface area contributed by atoms with Gasteiger partial charge in [-0.2, -0.15) is 0 Å². The van der Waals surface area contributed by atoms with Crippen molar-refractivity contribution in [3.8, 4) is 5.75 Å². The molecule has 3 aromatic rings. The molecule has 0 aliphatic heterocycles. The first-order valence-corrected chi connectivity index (χ1v) is 9.15. The topological polar surface area (TPSA) is 101 Å². The molecule has 0 saturated carbocycles. The molecule has 11 heteroatoms. The number of carbonyl (C=O) groups is 2. The maximum atomic E-state index is 14.5. The van der Waals surface area contributed by atoms with Crippen molar-refractivity contribution < 1.29 is 31.9 Å². The highest BCUT2D eigenvalue weighted by Crippen LogP contribution is 2.42. The lowest BCUT2D eigenvalue weighted by molar-refractivity contribution is -0.275. The van der Waals surface area contributed by atoms with E-state index in [1.54, 1.807) is 0 Å². The SMILES string of the molecule is O=C(NC1(c2ccc(OC(F)(F)F)c(F)c2)CC(=O)c2cccnc21)c1ccc(=O)[nH]c1. The molecule has 1 unspecified atom stereocenters. The molecule has 7 nitrogen and oxygen atoms in total. The molecule has 0 bridgehead atoms. The number of aromatic nitrogens is 2. The van der Waals surface area contributed by atoms with Crippen molar-refractivity contribution >= 4 is 11.7 Å². The third-order valence-corrected chi connectivity index (χ3v) is 4.96. The van der Waals surface area contributed by atoms with Crippen molar-refractivity contribution in [2.45, 2.75) is 18.3 Å². The van der Waals surface area contributed by atoms with Crippen LogP contribution in [0.2, 0.25) is 0 Å². The van der Waals surface area contributed by atoms with Gasteiger partial charge < -0.3 is 15.0 Å². The number of carbonyl (C=O) groups excluding carboxylic acids is 2. The van der Waals surface area contributed by atoms with Gasteiger partial charge in [-0.05, 0) is 35.9 Å². The third-order valence-electron chi connectivity index (χ3n) is 4.96. The number of hydrogen-bond acceptors (Lipinski definition) is 5. The average molecular weight is 447 g/mol. The fourth-order valence-corrected chi connectivity index (χ4v) is 3.60. The Morgan fingerprint density at radius 3 is 2.59 bits per heavy atom. The van der Waals surface area contributed by atoms with Crippen LogP contribution in [0.5, 0.6) is 5.75 Å². The summed E-state index contributed by atoms with van der Waals surface area (Å²) in [5.74, 6) is -3.52. The molecule has 1 amide bonds. The van der Waals surface area contributed by atoms with Gasteiger partial charge in [-0.15, -0.1) is 13.2 Å². The summed E-state index contributed by atoms with van der Waals surface area (Å²) in [6.07, 6.45) is -2.92. The van der Waals surface area contributed by atoms with Gasteiger partial charge in [0.05, 0.1) is 11.3 Å². The Bertz CT molecular complexity index is 1270. The second kappa shape index (κ2) is 7.59. The monoisotopic (exact) mass is 447 g/mol. The van der Waals surface area contributed by atoms with Gasteiger partial charge in [0.1, 0.15) is 5.54 Å². The molecule has 0 saturated heterocycles. The molecule has 0 fully saturated rings. The predicted octanol–water partition coefficient (Wildman–Crippen LogP) is 3.07.